The van der Waals surface area contributed by atoms with Crippen molar-refractivity contribution < 1.29 is 9.90 Å². The van der Waals surface area contributed by atoms with Crippen LogP contribution < -0.4 is 5.32 Å². The number of halogens is 1. The Balaban J connectivity index is 2.08. The van der Waals surface area contributed by atoms with Gasteiger partial charge in [0.2, 0.25) is 5.91 Å². The Morgan fingerprint density at radius 3 is 2.73 bits per heavy atom. The second kappa shape index (κ2) is 7.87. The minimum atomic E-state index is -0.454. The van der Waals surface area contributed by atoms with Gasteiger partial charge in [-0.25, -0.2) is 0 Å². The van der Waals surface area contributed by atoms with Crippen molar-refractivity contribution in [3.8, 4) is 5.75 Å². The molecule has 4 nitrogen and oxygen atoms in total. The van der Waals surface area contributed by atoms with Crippen LogP contribution in [0.5, 0.6) is 5.75 Å². The molecule has 1 amide bonds. The molecule has 3 aromatic rings. The minimum absolute atomic E-state index is 0.0505. The molecular weight excluding hydrogens is 392 g/mol. The molecule has 134 valence electrons. The summed E-state index contributed by atoms with van der Waals surface area (Å²) in [5, 5.41) is 14.7. The lowest BCUT2D eigenvalue weighted by Gasteiger charge is -2.22. The smallest absolute Gasteiger partial charge is 0.221 e. The Hall–Kier alpha value is -2.40. The van der Waals surface area contributed by atoms with Crippen LogP contribution in [0.3, 0.4) is 0 Å². The number of nitrogens with zero attached hydrogens (tertiary/aromatic N) is 1. The number of rotatable bonds is 5. The van der Waals surface area contributed by atoms with Crippen LogP contribution in [0.1, 0.15) is 37.4 Å². The van der Waals surface area contributed by atoms with Crippen molar-refractivity contribution >= 4 is 32.7 Å². The van der Waals surface area contributed by atoms with Crippen LogP contribution in [0, 0.1) is 5.92 Å². The maximum atomic E-state index is 12.5. The summed E-state index contributed by atoms with van der Waals surface area (Å²) in [5.41, 5.74) is 2.05. The van der Waals surface area contributed by atoms with E-state index in [0.29, 0.717) is 17.5 Å². The molecule has 0 radical (unpaired) electrons. The van der Waals surface area contributed by atoms with Gasteiger partial charge in [-0.15, -0.1) is 0 Å². The van der Waals surface area contributed by atoms with E-state index in [1.54, 1.807) is 6.20 Å². The standard InChI is InChI=1S/C21H21BrN2O2/c1-13(2)11-18(25)24-19(15-5-3-7-16(22)12-15)17-9-8-14-6-4-10-23-20(14)21(17)26/h3-10,12-13,19,26H,11H2,1-2H3,(H,24,25). The van der Waals surface area contributed by atoms with Gasteiger partial charge in [0.15, 0.2) is 0 Å². The summed E-state index contributed by atoms with van der Waals surface area (Å²) in [5.74, 6) is 0.299. The number of fused-ring (bicyclic) bond motifs is 1. The lowest BCUT2D eigenvalue weighted by atomic mass is 9.96. The van der Waals surface area contributed by atoms with Crippen molar-refractivity contribution in [1.29, 1.82) is 0 Å². The molecule has 2 aromatic carbocycles. The molecule has 1 unspecified atom stereocenters. The zero-order chi connectivity index (χ0) is 18.7. The van der Waals surface area contributed by atoms with Gasteiger partial charge in [-0.1, -0.05) is 60.1 Å². The number of hydrogen-bond donors (Lipinski definition) is 2. The maximum Gasteiger partial charge on any atom is 0.221 e. The van der Waals surface area contributed by atoms with Crippen LogP contribution in [-0.4, -0.2) is 16.0 Å². The van der Waals surface area contributed by atoms with Crippen LogP contribution >= 0.6 is 15.9 Å². The summed E-state index contributed by atoms with van der Waals surface area (Å²) in [6, 6.07) is 14.8. The molecule has 1 heterocycles. The summed E-state index contributed by atoms with van der Waals surface area (Å²) >= 11 is 3.48. The predicted molar refractivity (Wildman–Crippen MR) is 107 cm³/mol. The third-order valence-electron chi connectivity index (χ3n) is 4.17. The number of carbonyl (C=O) groups excluding carboxylic acids is 1. The van der Waals surface area contributed by atoms with E-state index in [9.17, 15) is 9.90 Å². The van der Waals surface area contributed by atoms with Crippen molar-refractivity contribution in [2.24, 2.45) is 5.92 Å². The molecule has 0 saturated heterocycles. The quantitative estimate of drug-likeness (QED) is 0.622. The Morgan fingerprint density at radius 2 is 2.00 bits per heavy atom. The lowest BCUT2D eigenvalue weighted by molar-refractivity contribution is -0.122. The fourth-order valence-corrected chi connectivity index (χ4v) is 3.41. The van der Waals surface area contributed by atoms with Crippen LogP contribution in [0.15, 0.2) is 59.2 Å². The third-order valence-corrected chi connectivity index (χ3v) is 4.66. The summed E-state index contributed by atoms with van der Waals surface area (Å²) in [6.45, 7) is 4.01. The molecule has 0 aliphatic carbocycles. The largest absolute Gasteiger partial charge is 0.505 e. The number of aromatic nitrogens is 1. The highest BCUT2D eigenvalue weighted by atomic mass is 79.9. The van der Waals surface area contributed by atoms with E-state index in [-0.39, 0.29) is 17.6 Å². The van der Waals surface area contributed by atoms with E-state index in [1.165, 1.54) is 0 Å². The van der Waals surface area contributed by atoms with Crippen molar-refractivity contribution in [1.82, 2.24) is 10.3 Å². The second-order valence-corrected chi connectivity index (χ2v) is 7.65. The highest BCUT2D eigenvalue weighted by Crippen LogP contribution is 2.35. The van der Waals surface area contributed by atoms with Crippen LogP contribution in [0.25, 0.3) is 10.9 Å². The van der Waals surface area contributed by atoms with Crippen LogP contribution in [0.2, 0.25) is 0 Å². The van der Waals surface area contributed by atoms with Crippen molar-refractivity contribution in [3.63, 3.8) is 0 Å². The van der Waals surface area contributed by atoms with E-state index >= 15 is 0 Å². The highest BCUT2D eigenvalue weighted by molar-refractivity contribution is 9.10. The number of hydrogen-bond acceptors (Lipinski definition) is 3. The Kier molecular flexibility index (Phi) is 5.57. The first-order valence-corrected chi connectivity index (χ1v) is 9.36. The van der Waals surface area contributed by atoms with Gasteiger partial charge in [-0.3, -0.25) is 9.78 Å². The zero-order valence-electron chi connectivity index (χ0n) is 14.7. The second-order valence-electron chi connectivity index (χ2n) is 6.73. The summed E-state index contributed by atoms with van der Waals surface area (Å²) < 4.78 is 0.913. The minimum Gasteiger partial charge on any atom is -0.505 e. The van der Waals surface area contributed by atoms with Crippen molar-refractivity contribution in [2.75, 3.05) is 0 Å². The number of phenols is 1. The SMILES string of the molecule is CC(C)CC(=O)NC(c1cccc(Br)c1)c1ccc2cccnc2c1O. The Morgan fingerprint density at radius 1 is 1.19 bits per heavy atom. The van der Waals surface area contributed by atoms with E-state index in [0.717, 1.165) is 15.4 Å². The molecule has 5 heteroatoms. The average molecular weight is 413 g/mol. The number of phenolic OH excluding ortho intramolecular Hbond substituents is 1. The van der Waals surface area contributed by atoms with Gasteiger partial charge in [0.25, 0.3) is 0 Å². The normalized spacial score (nSPS) is 12.3. The van der Waals surface area contributed by atoms with Gasteiger partial charge in [0.05, 0.1) is 6.04 Å². The maximum absolute atomic E-state index is 12.5. The molecule has 1 atom stereocenters. The molecule has 0 fully saturated rings. The monoisotopic (exact) mass is 412 g/mol. The van der Waals surface area contributed by atoms with Crippen LogP contribution in [0.4, 0.5) is 0 Å². The van der Waals surface area contributed by atoms with Gasteiger partial charge in [0, 0.05) is 28.0 Å². The fraction of sp³-hybridized carbons (Fsp3) is 0.238. The van der Waals surface area contributed by atoms with Gasteiger partial charge in [0.1, 0.15) is 11.3 Å². The third kappa shape index (κ3) is 4.05. The fourth-order valence-electron chi connectivity index (χ4n) is 3.00. The van der Waals surface area contributed by atoms with Crippen molar-refractivity contribution in [2.45, 2.75) is 26.3 Å². The molecule has 0 bridgehead atoms. The molecule has 0 spiro atoms. The molecule has 0 aliphatic rings. The van der Waals surface area contributed by atoms with E-state index < -0.39 is 6.04 Å². The van der Waals surface area contributed by atoms with Gasteiger partial charge in [-0.05, 0) is 29.7 Å². The molecule has 26 heavy (non-hydrogen) atoms. The molecule has 2 N–H and O–H groups in total. The van der Waals surface area contributed by atoms with E-state index in [1.807, 2.05) is 62.4 Å². The summed E-state index contributed by atoms with van der Waals surface area (Å²) in [4.78, 5) is 16.7. The van der Waals surface area contributed by atoms with Crippen LogP contribution in [-0.2, 0) is 4.79 Å². The molecule has 3 rings (SSSR count). The number of pyridine rings is 1. The number of benzene rings is 2. The summed E-state index contributed by atoms with van der Waals surface area (Å²) in [6.07, 6.45) is 2.08. The van der Waals surface area contributed by atoms with Gasteiger partial charge < -0.3 is 10.4 Å². The van der Waals surface area contributed by atoms with E-state index in [2.05, 4.69) is 26.2 Å². The first kappa shape index (κ1) is 18.4. The first-order valence-electron chi connectivity index (χ1n) is 8.57. The lowest BCUT2D eigenvalue weighted by Crippen LogP contribution is -2.30. The Labute approximate surface area is 161 Å². The average Bonchev–Trinajstić information content (AvgIpc) is 2.60. The predicted octanol–water partition coefficient (Wildman–Crippen LogP) is 4.95. The number of aromatic hydroxyl groups is 1. The number of amides is 1. The Bertz CT molecular complexity index is 940. The number of nitrogens with one attached hydrogen (secondary N) is 1. The van der Waals surface area contributed by atoms with Gasteiger partial charge in [-0.2, -0.15) is 0 Å². The molecule has 1 aromatic heterocycles. The van der Waals surface area contributed by atoms with Crippen molar-refractivity contribution in [3.05, 3.63) is 70.3 Å². The molecule has 0 saturated carbocycles. The topological polar surface area (TPSA) is 62.2 Å². The van der Waals surface area contributed by atoms with E-state index in [4.69, 9.17) is 0 Å². The summed E-state index contributed by atoms with van der Waals surface area (Å²) in [7, 11) is 0. The van der Waals surface area contributed by atoms with Gasteiger partial charge >= 0.3 is 0 Å². The molecule has 0 aliphatic heterocycles. The number of carbonyl (C=O) groups is 1. The first-order chi connectivity index (χ1) is 12.5. The zero-order valence-corrected chi connectivity index (χ0v) is 16.3. The highest BCUT2D eigenvalue weighted by Gasteiger charge is 2.22. The molecular formula is C21H21BrN2O2.